The summed E-state index contributed by atoms with van der Waals surface area (Å²) in [6.07, 6.45) is 0.679. The second-order valence-electron chi connectivity index (χ2n) is 6.98. The number of hydrogen-bond donors (Lipinski definition) is 0. The van der Waals surface area contributed by atoms with Gasteiger partial charge in [0, 0.05) is 0 Å². The molecule has 3 aliphatic rings. The van der Waals surface area contributed by atoms with E-state index in [1.54, 1.807) is 0 Å². The van der Waals surface area contributed by atoms with Gasteiger partial charge in [0.25, 0.3) is 0 Å². The predicted molar refractivity (Wildman–Crippen MR) is 94.5 cm³/mol. The second-order valence-corrected chi connectivity index (χ2v) is 9.84. The number of fused-ring (bicyclic) bond motifs is 3. The van der Waals surface area contributed by atoms with Crippen molar-refractivity contribution in [1.82, 2.24) is 0 Å². The fourth-order valence-electron chi connectivity index (χ4n) is 3.66. The topological polar surface area (TPSA) is 52.6 Å². The number of carbonyl (C=O) groups is 2. The molecule has 0 saturated carbocycles. The van der Waals surface area contributed by atoms with Gasteiger partial charge in [-0.05, 0) is 0 Å². The van der Waals surface area contributed by atoms with E-state index in [1.165, 1.54) is 18.3 Å². The molecule has 0 radical (unpaired) electrons. The van der Waals surface area contributed by atoms with Gasteiger partial charge in [0.05, 0.1) is 0 Å². The first-order valence-electron chi connectivity index (χ1n) is 8.70. The van der Waals surface area contributed by atoms with Crippen LogP contribution in [0.4, 0.5) is 0 Å². The van der Waals surface area contributed by atoms with Gasteiger partial charge in [0.15, 0.2) is 0 Å². The standard InChI is InChI=1S/C22H16IO4/c1-11-7-19(26-21(11)24)13-3-5-15-16-6-4-14(10-18(16)23-17(15)9-13)20-8-12(2)22(25)27-20/h3-6,9-10,19-20H,1-2,7-8H2/q-1. The molecule has 2 unspecified atom stereocenters. The molecular formula is C22H16IO4-. The first-order valence-corrected chi connectivity index (χ1v) is 10.9. The molecule has 136 valence electrons. The van der Waals surface area contributed by atoms with E-state index in [-0.39, 0.29) is 45.4 Å². The van der Waals surface area contributed by atoms with E-state index in [0.29, 0.717) is 24.0 Å². The van der Waals surface area contributed by atoms with Crippen LogP contribution >= 0.6 is 0 Å². The quantitative estimate of drug-likeness (QED) is 0.317. The van der Waals surface area contributed by atoms with Crippen molar-refractivity contribution >= 4 is 11.9 Å². The summed E-state index contributed by atoms with van der Waals surface area (Å²) in [5, 5.41) is 0. The molecule has 3 aliphatic heterocycles. The van der Waals surface area contributed by atoms with Crippen LogP contribution in [0.5, 0.6) is 0 Å². The predicted octanol–water partition coefficient (Wildman–Crippen LogP) is 0.884. The van der Waals surface area contributed by atoms with Crippen molar-refractivity contribution in [2.24, 2.45) is 0 Å². The third-order valence-corrected chi connectivity index (χ3v) is 8.11. The van der Waals surface area contributed by atoms with Crippen LogP contribution in [0.1, 0.15) is 36.2 Å². The Morgan fingerprint density at radius 1 is 0.778 bits per heavy atom. The molecule has 3 heterocycles. The van der Waals surface area contributed by atoms with Gasteiger partial charge < -0.3 is 0 Å². The van der Waals surface area contributed by atoms with Crippen LogP contribution in [0.15, 0.2) is 60.7 Å². The van der Waals surface area contributed by atoms with Crippen LogP contribution in [0.2, 0.25) is 0 Å². The van der Waals surface area contributed by atoms with Crippen LogP contribution < -0.4 is 21.2 Å². The summed E-state index contributed by atoms with van der Waals surface area (Å²) in [7, 11) is 0. The van der Waals surface area contributed by atoms with Crippen LogP contribution in [-0.4, -0.2) is 11.9 Å². The maximum absolute atomic E-state index is 11.6. The zero-order chi connectivity index (χ0) is 18.7. The molecule has 0 aromatic heterocycles. The number of esters is 2. The minimum absolute atomic E-state index is 0.220. The third-order valence-electron chi connectivity index (χ3n) is 5.16. The molecule has 2 saturated heterocycles. The molecule has 0 N–H and O–H groups in total. The van der Waals surface area contributed by atoms with Gasteiger partial charge in [0.1, 0.15) is 0 Å². The molecule has 0 amide bonds. The number of cyclic esters (lactones) is 2. The molecule has 27 heavy (non-hydrogen) atoms. The van der Waals surface area contributed by atoms with Crippen LogP contribution in [-0.2, 0) is 19.1 Å². The van der Waals surface area contributed by atoms with Crippen LogP contribution in [0.3, 0.4) is 0 Å². The molecule has 4 nitrogen and oxygen atoms in total. The number of halogens is 1. The van der Waals surface area contributed by atoms with Crippen molar-refractivity contribution in [2.75, 3.05) is 0 Å². The van der Waals surface area contributed by atoms with E-state index in [4.69, 9.17) is 9.47 Å². The molecule has 0 spiro atoms. The van der Waals surface area contributed by atoms with Crippen molar-refractivity contribution in [3.05, 3.63) is 79.0 Å². The number of carbonyl (C=O) groups excluding carboxylic acids is 2. The van der Waals surface area contributed by atoms with E-state index in [2.05, 4.69) is 37.4 Å². The normalized spacial score (nSPS) is 23.6. The molecule has 2 aromatic rings. The van der Waals surface area contributed by atoms with Crippen molar-refractivity contribution in [2.45, 2.75) is 25.0 Å². The summed E-state index contributed by atoms with van der Waals surface area (Å²) in [6, 6.07) is 12.7. The first-order chi connectivity index (χ1) is 13.0. The van der Waals surface area contributed by atoms with Crippen molar-refractivity contribution in [1.29, 1.82) is 0 Å². The number of rotatable bonds is 2. The average Bonchev–Trinajstić information content (AvgIpc) is 3.30. The van der Waals surface area contributed by atoms with Gasteiger partial charge >= 0.3 is 167 Å². The Morgan fingerprint density at radius 2 is 1.22 bits per heavy atom. The van der Waals surface area contributed by atoms with Crippen LogP contribution in [0, 0.1) is 7.14 Å². The van der Waals surface area contributed by atoms with E-state index < -0.39 is 0 Å². The van der Waals surface area contributed by atoms with Gasteiger partial charge in [-0.15, -0.1) is 0 Å². The Bertz CT molecular complexity index is 937. The Hall–Kier alpha value is -2.41. The second kappa shape index (κ2) is 6.05. The van der Waals surface area contributed by atoms with Crippen molar-refractivity contribution in [3.8, 4) is 11.1 Å². The van der Waals surface area contributed by atoms with Gasteiger partial charge in [-0.25, -0.2) is 0 Å². The molecule has 2 aromatic carbocycles. The number of hydrogen-bond acceptors (Lipinski definition) is 4. The van der Waals surface area contributed by atoms with Gasteiger partial charge in [-0.2, -0.15) is 0 Å². The van der Waals surface area contributed by atoms with E-state index in [1.807, 2.05) is 12.1 Å². The maximum atomic E-state index is 11.6. The van der Waals surface area contributed by atoms with Gasteiger partial charge in [-0.3, -0.25) is 0 Å². The van der Waals surface area contributed by atoms with Crippen LogP contribution in [0.25, 0.3) is 11.1 Å². The molecule has 0 aliphatic carbocycles. The molecule has 5 heteroatoms. The summed E-state index contributed by atoms with van der Waals surface area (Å²) in [4.78, 5) is 23.2. The van der Waals surface area contributed by atoms with E-state index >= 15 is 0 Å². The summed E-state index contributed by atoms with van der Waals surface area (Å²) < 4.78 is 13.5. The number of benzene rings is 2. The molecule has 5 rings (SSSR count). The Balaban J connectivity index is 1.44. The molecule has 2 atom stereocenters. The Morgan fingerprint density at radius 3 is 1.59 bits per heavy atom. The fourth-order valence-corrected chi connectivity index (χ4v) is 6.84. The molecule has 0 bridgehead atoms. The average molecular weight is 471 g/mol. The van der Waals surface area contributed by atoms with E-state index in [9.17, 15) is 9.59 Å². The Kier molecular flexibility index (Phi) is 3.75. The summed E-state index contributed by atoms with van der Waals surface area (Å²) >= 11 is -0.333. The first kappa shape index (κ1) is 16.7. The number of ether oxygens (including phenoxy) is 2. The zero-order valence-electron chi connectivity index (χ0n) is 14.5. The fraction of sp³-hybridized carbons (Fsp3) is 0.182. The summed E-state index contributed by atoms with van der Waals surface area (Å²) in [5.74, 6) is -0.591. The van der Waals surface area contributed by atoms with Crippen molar-refractivity contribution < 1.29 is 40.3 Å². The van der Waals surface area contributed by atoms with E-state index in [0.717, 1.165) is 11.1 Å². The minimum atomic E-state index is -0.333. The van der Waals surface area contributed by atoms with Gasteiger partial charge in [-0.1, -0.05) is 0 Å². The molecule has 2 fully saturated rings. The third kappa shape index (κ3) is 2.72. The summed E-state index contributed by atoms with van der Waals surface area (Å²) in [6.45, 7) is 7.53. The van der Waals surface area contributed by atoms with Gasteiger partial charge in [0.2, 0.25) is 0 Å². The monoisotopic (exact) mass is 471 g/mol. The molecular weight excluding hydrogens is 455 g/mol. The van der Waals surface area contributed by atoms with Crippen molar-refractivity contribution in [3.63, 3.8) is 0 Å². The zero-order valence-corrected chi connectivity index (χ0v) is 16.6. The SMILES string of the molecule is C=C1CC(c2ccc3c(c2)[I-]c2cc(C4CC(=C)C(=O)O4)ccc2-3)OC1=O. The Labute approximate surface area is 167 Å². The summed E-state index contributed by atoms with van der Waals surface area (Å²) in [5.41, 5.74) is 5.66.